The Kier molecular flexibility index (Phi) is 7.21. The summed E-state index contributed by atoms with van der Waals surface area (Å²) >= 11 is 2.59. The molecule has 0 aromatic rings. The first-order chi connectivity index (χ1) is 6.84. The zero-order chi connectivity index (χ0) is 10.2. The first-order valence-corrected chi connectivity index (χ1v) is 7.35. The molecule has 0 saturated heterocycles. The molecule has 1 fully saturated rings. The molecular weight excluding hydrogens is 287 g/mol. The summed E-state index contributed by atoms with van der Waals surface area (Å²) in [7, 11) is 0. The molecule has 0 bridgehead atoms. The van der Waals surface area contributed by atoms with Gasteiger partial charge in [-0.25, -0.2) is 0 Å². The van der Waals surface area contributed by atoms with Gasteiger partial charge in [0.2, 0.25) is 0 Å². The Bertz CT molecular complexity index is 138. The lowest BCUT2D eigenvalue weighted by Crippen LogP contribution is -2.26. The van der Waals surface area contributed by atoms with Gasteiger partial charge in [-0.15, -0.1) is 0 Å². The lowest BCUT2D eigenvalue weighted by atomic mass is 9.98. The van der Waals surface area contributed by atoms with E-state index in [-0.39, 0.29) is 0 Å². The van der Waals surface area contributed by atoms with Crippen LogP contribution in [0.15, 0.2) is 0 Å². The molecule has 0 radical (unpaired) electrons. The SMILES string of the molecule is CCCCOC1CCCCCCC1I. The molecule has 0 aromatic heterocycles. The van der Waals surface area contributed by atoms with Gasteiger partial charge >= 0.3 is 0 Å². The molecule has 1 aliphatic carbocycles. The van der Waals surface area contributed by atoms with E-state index >= 15 is 0 Å². The summed E-state index contributed by atoms with van der Waals surface area (Å²) in [6.07, 6.45) is 11.3. The standard InChI is InChI=1S/C12H23IO/c1-2-3-10-14-12-9-7-5-4-6-8-11(12)13/h11-12H,2-10H2,1H3. The second-order valence-corrected chi connectivity index (χ2v) is 5.87. The highest BCUT2D eigenvalue weighted by atomic mass is 127. The minimum atomic E-state index is 0.544. The van der Waals surface area contributed by atoms with Crippen LogP contribution in [0, 0.1) is 0 Å². The van der Waals surface area contributed by atoms with Crippen molar-refractivity contribution in [3.63, 3.8) is 0 Å². The summed E-state index contributed by atoms with van der Waals surface area (Å²) in [6.45, 7) is 3.20. The van der Waals surface area contributed by atoms with Gasteiger partial charge in [-0.3, -0.25) is 0 Å². The van der Waals surface area contributed by atoms with Crippen molar-refractivity contribution < 1.29 is 4.74 Å². The van der Waals surface area contributed by atoms with E-state index in [1.165, 1.54) is 51.4 Å². The van der Waals surface area contributed by atoms with E-state index in [0.29, 0.717) is 6.10 Å². The summed E-state index contributed by atoms with van der Waals surface area (Å²) in [6, 6.07) is 0. The zero-order valence-electron chi connectivity index (χ0n) is 9.30. The maximum Gasteiger partial charge on any atom is 0.0692 e. The third-order valence-corrected chi connectivity index (χ3v) is 4.38. The second kappa shape index (κ2) is 7.91. The van der Waals surface area contributed by atoms with E-state index in [0.717, 1.165) is 10.5 Å². The van der Waals surface area contributed by atoms with Crippen molar-refractivity contribution in [1.82, 2.24) is 0 Å². The fourth-order valence-electron chi connectivity index (χ4n) is 1.97. The third-order valence-electron chi connectivity index (χ3n) is 2.95. The molecule has 1 saturated carbocycles. The Morgan fingerprint density at radius 2 is 1.86 bits per heavy atom. The Balaban J connectivity index is 2.22. The predicted octanol–water partition coefficient (Wildman–Crippen LogP) is 4.33. The Labute approximate surface area is 102 Å². The molecule has 2 atom stereocenters. The summed E-state index contributed by atoms with van der Waals surface area (Å²) in [5.41, 5.74) is 0. The van der Waals surface area contributed by atoms with Crippen LogP contribution in [-0.2, 0) is 4.74 Å². The van der Waals surface area contributed by atoms with Crippen molar-refractivity contribution in [3.05, 3.63) is 0 Å². The molecule has 2 unspecified atom stereocenters. The molecule has 1 aliphatic rings. The second-order valence-electron chi connectivity index (χ2n) is 4.27. The monoisotopic (exact) mass is 310 g/mol. The van der Waals surface area contributed by atoms with E-state index < -0.39 is 0 Å². The lowest BCUT2D eigenvalue weighted by molar-refractivity contribution is 0.0412. The zero-order valence-corrected chi connectivity index (χ0v) is 11.5. The van der Waals surface area contributed by atoms with Crippen molar-refractivity contribution in [2.24, 2.45) is 0 Å². The van der Waals surface area contributed by atoms with E-state index in [2.05, 4.69) is 29.5 Å². The first-order valence-electron chi connectivity index (χ1n) is 6.10. The van der Waals surface area contributed by atoms with E-state index in [1.54, 1.807) is 0 Å². The molecule has 0 amide bonds. The first kappa shape index (κ1) is 12.8. The number of halogens is 1. The summed E-state index contributed by atoms with van der Waals surface area (Å²) in [4.78, 5) is 0. The molecule has 1 rings (SSSR count). The predicted molar refractivity (Wildman–Crippen MR) is 70.2 cm³/mol. The molecule has 0 aliphatic heterocycles. The van der Waals surface area contributed by atoms with Crippen LogP contribution in [0.25, 0.3) is 0 Å². The topological polar surface area (TPSA) is 9.23 Å². The van der Waals surface area contributed by atoms with Gasteiger partial charge < -0.3 is 4.74 Å². The van der Waals surface area contributed by atoms with Crippen molar-refractivity contribution >= 4 is 22.6 Å². The quantitative estimate of drug-likeness (QED) is 0.427. The summed E-state index contributed by atoms with van der Waals surface area (Å²) < 4.78 is 6.72. The van der Waals surface area contributed by atoms with Gasteiger partial charge in [0.1, 0.15) is 0 Å². The number of ether oxygens (including phenoxy) is 1. The summed E-state index contributed by atoms with van der Waals surface area (Å²) in [5, 5.41) is 0. The Morgan fingerprint density at radius 1 is 1.14 bits per heavy atom. The molecule has 84 valence electrons. The Hall–Kier alpha value is 0.690. The van der Waals surface area contributed by atoms with Crippen molar-refractivity contribution in [2.75, 3.05) is 6.61 Å². The molecule has 14 heavy (non-hydrogen) atoms. The fourth-order valence-corrected chi connectivity index (χ4v) is 2.98. The van der Waals surface area contributed by atoms with Gasteiger partial charge in [0.05, 0.1) is 6.10 Å². The van der Waals surface area contributed by atoms with Crippen molar-refractivity contribution in [3.8, 4) is 0 Å². The van der Waals surface area contributed by atoms with Crippen molar-refractivity contribution in [1.29, 1.82) is 0 Å². The highest BCUT2D eigenvalue weighted by Gasteiger charge is 2.20. The average Bonchev–Trinajstić information content (AvgIpc) is 2.17. The highest BCUT2D eigenvalue weighted by Crippen LogP contribution is 2.25. The molecule has 1 nitrogen and oxygen atoms in total. The van der Waals surface area contributed by atoms with E-state index in [1.807, 2.05) is 0 Å². The fraction of sp³-hybridized carbons (Fsp3) is 1.00. The van der Waals surface area contributed by atoms with Crippen molar-refractivity contribution in [2.45, 2.75) is 68.3 Å². The third kappa shape index (κ3) is 4.96. The van der Waals surface area contributed by atoms with Crippen LogP contribution in [0.4, 0.5) is 0 Å². The van der Waals surface area contributed by atoms with Crippen LogP contribution in [0.3, 0.4) is 0 Å². The number of hydrogen-bond donors (Lipinski definition) is 0. The van der Waals surface area contributed by atoms with Crippen LogP contribution in [0.5, 0.6) is 0 Å². The van der Waals surface area contributed by atoms with Gasteiger partial charge in [0.25, 0.3) is 0 Å². The van der Waals surface area contributed by atoms with Crippen LogP contribution in [0.1, 0.15) is 58.3 Å². The van der Waals surface area contributed by atoms with Gasteiger partial charge in [-0.2, -0.15) is 0 Å². The largest absolute Gasteiger partial charge is 0.377 e. The van der Waals surface area contributed by atoms with E-state index in [4.69, 9.17) is 4.74 Å². The average molecular weight is 310 g/mol. The Morgan fingerprint density at radius 3 is 2.57 bits per heavy atom. The molecule has 0 spiro atoms. The van der Waals surface area contributed by atoms with Gasteiger partial charge in [-0.05, 0) is 19.3 Å². The normalized spacial score (nSPS) is 29.6. The minimum absolute atomic E-state index is 0.544. The summed E-state index contributed by atoms with van der Waals surface area (Å²) in [5.74, 6) is 0. The minimum Gasteiger partial charge on any atom is -0.377 e. The molecule has 0 aromatic carbocycles. The van der Waals surface area contributed by atoms with Crippen LogP contribution in [-0.4, -0.2) is 16.6 Å². The van der Waals surface area contributed by atoms with Crippen LogP contribution < -0.4 is 0 Å². The number of hydrogen-bond acceptors (Lipinski definition) is 1. The van der Waals surface area contributed by atoms with Gasteiger partial charge in [-0.1, -0.05) is 61.6 Å². The smallest absolute Gasteiger partial charge is 0.0692 e. The molecule has 2 heteroatoms. The highest BCUT2D eigenvalue weighted by molar-refractivity contribution is 14.1. The molecular formula is C12H23IO. The van der Waals surface area contributed by atoms with Crippen LogP contribution in [0.2, 0.25) is 0 Å². The van der Waals surface area contributed by atoms with Gasteiger partial charge in [0.15, 0.2) is 0 Å². The van der Waals surface area contributed by atoms with E-state index in [9.17, 15) is 0 Å². The molecule has 0 heterocycles. The molecule has 0 N–H and O–H groups in total. The number of unbranched alkanes of at least 4 members (excludes halogenated alkanes) is 1. The maximum absolute atomic E-state index is 5.96. The van der Waals surface area contributed by atoms with Gasteiger partial charge in [0, 0.05) is 10.5 Å². The van der Waals surface area contributed by atoms with Crippen LogP contribution >= 0.6 is 22.6 Å². The lowest BCUT2D eigenvalue weighted by Gasteiger charge is -2.25. The number of alkyl halides is 1. The maximum atomic E-state index is 5.96. The number of rotatable bonds is 4.